The number of benzene rings is 1. The first kappa shape index (κ1) is 14.3. The summed E-state index contributed by atoms with van der Waals surface area (Å²) in [5.74, 6) is 1.000. The molecule has 17 heavy (non-hydrogen) atoms. The summed E-state index contributed by atoms with van der Waals surface area (Å²) in [7, 11) is -1.75. The highest BCUT2D eigenvalue weighted by atomic mass is 28.4. The quantitative estimate of drug-likeness (QED) is 0.828. The second-order valence-corrected chi connectivity index (χ2v) is 10.9. The number of hydrogen-bond acceptors (Lipinski definition) is 2. The Kier molecular flexibility index (Phi) is 4.05. The topological polar surface area (TPSA) is 35.2 Å². The van der Waals surface area contributed by atoms with Crippen LogP contribution in [0.2, 0.25) is 18.1 Å². The van der Waals surface area contributed by atoms with Crippen LogP contribution in [0.15, 0.2) is 18.2 Å². The molecule has 1 rings (SSSR count). The van der Waals surface area contributed by atoms with Crippen LogP contribution in [0.25, 0.3) is 0 Å². The average Bonchev–Trinajstić information content (AvgIpc) is 2.19. The molecule has 0 unspecified atom stereocenters. The lowest BCUT2D eigenvalue weighted by molar-refractivity contribution is 0.488. The molecule has 0 aliphatic rings. The number of aryl methyl sites for hydroxylation is 1. The summed E-state index contributed by atoms with van der Waals surface area (Å²) >= 11 is 0. The summed E-state index contributed by atoms with van der Waals surface area (Å²) < 4.78 is 6.32. The molecule has 0 aromatic heterocycles. The van der Waals surface area contributed by atoms with Gasteiger partial charge in [0, 0.05) is 6.54 Å². The van der Waals surface area contributed by atoms with Crippen LogP contribution in [-0.2, 0) is 6.54 Å². The lowest BCUT2D eigenvalue weighted by atomic mass is 10.1. The largest absolute Gasteiger partial charge is 0.543 e. The van der Waals surface area contributed by atoms with Crippen LogP contribution >= 0.6 is 0 Å². The van der Waals surface area contributed by atoms with E-state index in [-0.39, 0.29) is 5.04 Å². The van der Waals surface area contributed by atoms with E-state index in [0.717, 1.165) is 11.3 Å². The van der Waals surface area contributed by atoms with Gasteiger partial charge in [-0.05, 0) is 42.2 Å². The molecule has 0 spiro atoms. The zero-order chi connectivity index (χ0) is 13.3. The SMILES string of the molecule is Cc1ccc(CN)cc1O[Si](C)(C)C(C)(C)C. The van der Waals surface area contributed by atoms with Crippen molar-refractivity contribution in [1.29, 1.82) is 0 Å². The molecule has 0 saturated heterocycles. The van der Waals surface area contributed by atoms with Crippen molar-refractivity contribution in [2.45, 2.75) is 52.4 Å². The van der Waals surface area contributed by atoms with E-state index in [1.807, 2.05) is 0 Å². The van der Waals surface area contributed by atoms with Crippen molar-refractivity contribution in [2.24, 2.45) is 5.73 Å². The molecule has 0 saturated carbocycles. The van der Waals surface area contributed by atoms with Crippen LogP contribution in [0, 0.1) is 6.92 Å². The van der Waals surface area contributed by atoms with Crippen molar-refractivity contribution < 1.29 is 4.43 Å². The fraction of sp³-hybridized carbons (Fsp3) is 0.571. The Bertz CT molecular complexity index is 394. The predicted octanol–water partition coefficient (Wildman–Crippen LogP) is 3.84. The van der Waals surface area contributed by atoms with E-state index in [1.54, 1.807) is 0 Å². The molecule has 2 N–H and O–H groups in total. The fourth-order valence-electron chi connectivity index (χ4n) is 1.31. The minimum absolute atomic E-state index is 0.220. The number of rotatable bonds is 3. The van der Waals surface area contributed by atoms with E-state index in [1.165, 1.54) is 5.56 Å². The van der Waals surface area contributed by atoms with Gasteiger partial charge in [0.1, 0.15) is 5.75 Å². The zero-order valence-corrected chi connectivity index (χ0v) is 12.9. The number of nitrogens with two attached hydrogens (primary N) is 1. The molecule has 1 aromatic carbocycles. The van der Waals surface area contributed by atoms with E-state index < -0.39 is 8.32 Å². The molecule has 0 atom stereocenters. The molecule has 0 radical (unpaired) electrons. The minimum Gasteiger partial charge on any atom is -0.543 e. The lowest BCUT2D eigenvalue weighted by Gasteiger charge is -2.37. The molecule has 0 heterocycles. The number of hydrogen-bond donors (Lipinski definition) is 1. The third kappa shape index (κ3) is 3.33. The Balaban J connectivity index is 3.02. The van der Waals surface area contributed by atoms with Gasteiger partial charge in [0.15, 0.2) is 0 Å². The van der Waals surface area contributed by atoms with Gasteiger partial charge in [-0.15, -0.1) is 0 Å². The van der Waals surface area contributed by atoms with Gasteiger partial charge in [-0.2, -0.15) is 0 Å². The van der Waals surface area contributed by atoms with Crippen molar-refractivity contribution in [3.8, 4) is 5.75 Å². The monoisotopic (exact) mass is 251 g/mol. The van der Waals surface area contributed by atoms with E-state index in [2.05, 4.69) is 59.0 Å². The molecule has 0 fully saturated rings. The van der Waals surface area contributed by atoms with Crippen LogP contribution in [0.1, 0.15) is 31.9 Å². The van der Waals surface area contributed by atoms with Gasteiger partial charge in [0.2, 0.25) is 8.32 Å². The van der Waals surface area contributed by atoms with Crippen molar-refractivity contribution >= 4 is 8.32 Å². The normalized spacial score (nSPS) is 12.6. The summed E-state index contributed by atoms with van der Waals surface area (Å²) in [6.07, 6.45) is 0. The Morgan fingerprint density at radius 3 is 2.29 bits per heavy atom. The van der Waals surface area contributed by atoms with Crippen molar-refractivity contribution in [3.05, 3.63) is 29.3 Å². The summed E-state index contributed by atoms with van der Waals surface area (Å²) in [5.41, 5.74) is 7.99. The van der Waals surface area contributed by atoms with Gasteiger partial charge in [-0.25, -0.2) is 0 Å². The lowest BCUT2D eigenvalue weighted by Crippen LogP contribution is -2.44. The van der Waals surface area contributed by atoms with Crippen LogP contribution in [0.5, 0.6) is 5.75 Å². The van der Waals surface area contributed by atoms with Crippen LogP contribution in [0.3, 0.4) is 0 Å². The Hall–Kier alpha value is -0.803. The average molecular weight is 251 g/mol. The first-order chi connectivity index (χ1) is 7.67. The van der Waals surface area contributed by atoms with Crippen molar-refractivity contribution in [1.82, 2.24) is 0 Å². The van der Waals surface area contributed by atoms with E-state index >= 15 is 0 Å². The van der Waals surface area contributed by atoms with Crippen molar-refractivity contribution in [2.75, 3.05) is 0 Å². The molecule has 96 valence electrons. The maximum absolute atomic E-state index is 6.32. The Morgan fingerprint density at radius 1 is 1.24 bits per heavy atom. The molecule has 0 aliphatic heterocycles. The van der Waals surface area contributed by atoms with Crippen LogP contribution < -0.4 is 10.2 Å². The highest BCUT2D eigenvalue weighted by molar-refractivity contribution is 6.74. The van der Waals surface area contributed by atoms with Crippen LogP contribution in [0.4, 0.5) is 0 Å². The maximum Gasteiger partial charge on any atom is 0.250 e. The molecular formula is C14H25NOSi. The van der Waals surface area contributed by atoms with Gasteiger partial charge in [-0.3, -0.25) is 0 Å². The summed E-state index contributed by atoms with van der Waals surface area (Å²) in [6.45, 7) is 13.9. The third-order valence-electron chi connectivity index (χ3n) is 3.66. The minimum atomic E-state index is -1.75. The standard InChI is InChI=1S/C14H25NOSi/c1-11-7-8-12(10-15)9-13(11)16-17(5,6)14(2,3)4/h7-9H,10,15H2,1-6H3. The molecule has 0 aliphatic carbocycles. The first-order valence-electron chi connectivity index (χ1n) is 6.16. The molecule has 2 nitrogen and oxygen atoms in total. The summed E-state index contributed by atoms with van der Waals surface area (Å²) in [6, 6.07) is 6.23. The van der Waals surface area contributed by atoms with E-state index in [9.17, 15) is 0 Å². The molecule has 0 amide bonds. The zero-order valence-electron chi connectivity index (χ0n) is 11.9. The van der Waals surface area contributed by atoms with Gasteiger partial charge in [0.25, 0.3) is 0 Å². The highest BCUT2D eigenvalue weighted by Gasteiger charge is 2.39. The van der Waals surface area contributed by atoms with E-state index in [4.69, 9.17) is 10.2 Å². The molecule has 0 bridgehead atoms. The second kappa shape index (κ2) is 4.82. The molecular weight excluding hydrogens is 226 g/mol. The third-order valence-corrected chi connectivity index (χ3v) is 8.00. The first-order valence-corrected chi connectivity index (χ1v) is 9.07. The van der Waals surface area contributed by atoms with Gasteiger partial charge in [-0.1, -0.05) is 32.9 Å². The smallest absolute Gasteiger partial charge is 0.250 e. The highest BCUT2D eigenvalue weighted by Crippen LogP contribution is 2.38. The van der Waals surface area contributed by atoms with Gasteiger partial charge in [0.05, 0.1) is 0 Å². The summed E-state index contributed by atoms with van der Waals surface area (Å²) in [5, 5.41) is 0.220. The van der Waals surface area contributed by atoms with E-state index in [0.29, 0.717) is 6.54 Å². The maximum atomic E-state index is 6.32. The molecule has 1 aromatic rings. The second-order valence-electron chi connectivity index (χ2n) is 6.17. The van der Waals surface area contributed by atoms with Crippen molar-refractivity contribution in [3.63, 3.8) is 0 Å². The summed E-state index contributed by atoms with van der Waals surface area (Å²) in [4.78, 5) is 0. The molecule has 3 heteroatoms. The fourth-order valence-corrected chi connectivity index (χ4v) is 2.39. The Morgan fingerprint density at radius 2 is 1.82 bits per heavy atom. The Labute approximate surface area is 106 Å². The van der Waals surface area contributed by atoms with Gasteiger partial charge < -0.3 is 10.2 Å². The predicted molar refractivity (Wildman–Crippen MR) is 76.9 cm³/mol. The van der Waals surface area contributed by atoms with Gasteiger partial charge >= 0.3 is 0 Å². The van der Waals surface area contributed by atoms with Crippen LogP contribution in [-0.4, -0.2) is 8.32 Å².